The van der Waals surface area contributed by atoms with Crippen molar-refractivity contribution in [1.29, 1.82) is 0 Å². The van der Waals surface area contributed by atoms with Crippen LogP contribution in [-0.2, 0) is 30.1 Å². The van der Waals surface area contributed by atoms with Crippen molar-refractivity contribution in [1.82, 2.24) is 29.8 Å². The third kappa shape index (κ3) is 7.25. The number of nitrogen functional groups attached to an aromatic ring is 1. The van der Waals surface area contributed by atoms with Gasteiger partial charge >= 0.3 is 24.4 Å². The summed E-state index contributed by atoms with van der Waals surface area (Å²) in [7, 11) is 2.11. The number of nitrogens with zero attached hydrogens (tertiary/aromatic N) is 5. The van der Waals surface area contributed by atoms with E-state index in [-0.39, 0.29) is 31.2 Å². The molecule has 2 unspecified atom stereocenters. The van der Waals surface area contributed by atoms with Gasteiger partial charge in [0.1, 0.15) is 11.0 Å². The van der Waals surface area contributed by atoms with Crippen LogP contribution >= 0.6 is 11.3 Å². The minimum Gasteiger partial charge on any atom is -0.398 e. The summed E-state index contributed by atoms with van der Waals surface area (Å²) < 4.78 is 83.4. The van der Waals surface area contributed by atoms with Crippen molar-refractivity contribution in [2.75, 3.05) is 57.4 Å². The summed E-state index contributed by atoms with van der Waals surface area (Å²) >= 11 is 1.44. The van der Waals surface area contributed by atoms with Crippen molar-refractivity contribution in [3.05, 3.63) is 45.8 Å². The number of rotatable bonds is 6. The number of alkyl halides is 6. The molecular weight excluding hydrogens is 714 g/mol. The second-order valence-electron chi connectivity index (χ2n) is 14.6. The molecule has 11 nitrogen and oxygen atoms in total. The van der Waals surface area contributed by atoms with Gasteiger partial charge in [-0.25, -0.2) is 9.59 Å². The maximum atomic E-state index is 14.1. The number of thiophene rings is 1. The molecule has 18 heteroatoms. The van der Waals surface area contributed by atoms with Gasteiger partial charge in [0.15, 0.2) is 0 Å². The van der Waals surface area contributed by atoms with Gasteiger partial charge in [0.2, 0.25) is 5.91 Å². The second kappa shape index (κ2) is 13.9. The molecular formula is C34H42F6N8O3S. The maximum absolute atomic E-state index is 14.1. The van der Waals surface area contributed by atoms with Crippen LogP contribution < -0.4 is 16.4 Å². The lowest BCUT2D eigenvalue weighted by molar-refractivity contribution is -0.141. The normalized spacial score (nSPS) is 24.3. The van der Waals surface area contributed by atoms with Crippen LogP contribution in [0.5, 0.6) is 0 Å². The zero-order valence-electron chi connectivity index (χ0n) is 28.6. The van der Waals surface area contributed by atoms with Gasteiger partial charge in [-0.2, -0.15) is 26.3 Å². The number of carbonyl (C=O) groups is 3. The number of likely N-dealkylation sites (N-methyl/N-ethyl adjacent to an activating group) is 1. The summed E-state index contributed by atoms with van der Waals surface area (Å²) in [4.78, 5) is 50.1. The third-order valence-electron chi connectivity index (χ3n) is 11.4. The highest BCUT2D eigenvalue weighted by Gasteiger charge is 2.46. The summed E-state index contributed by atoms with van der Waals surface area (Å²) in [6, 6.07) is 1.73. The molecule has 4 N–H and O–H groups in total. The molecule has 1 aromatic carbocycles. The first-order valence-corrected chi connectivity index (χ1v) is 18.5. The van der Waals surface area contributed by atoms with E-state index in [1.807, 2.05) is 11.4 Å². The minimum absolute atomic E-state index is 0.154. The van der Waals surface area contributed by atoms with Crippen molar-refractivity contribution < 1.29 is 40.7 Å². The van der Waals surface area contributed by atoms with Gasteiger partial charge in [-0.15, -0.1) is 11.3 Å². The van der Waals surface area contributed by atoms with Crippen molar-refractivity contribution in [2.45, 2.75) is 87.6 Å². The van der Waals surface area contributed by atoms with Crippen LogP contribution in [0.4, 0.5) is 46.6 Å². The predicted octanol–water partition coefficient (Wildman–Crippen LogP) is 4.88. The number of piperazine rings is 1. The number of fused-ring (bicyclic) bond motifs is 3. The quantitative estimate of drug-likeness (QED) is 0.286. The molecule has 2 bridgehead atoms. The van der Waals surface area contributed by atoms with Crippen LogP contribution in [0.1, 0.15) is 54.4 Å². The molecule has 284 valence electrons. The van der Waals surface area contributed by atoms with Crippen LogP contribution in [0.15, 0.2) is 23.6 Å². The highest BCUT2D eigenvalue weighted by Crippen LogP contribution is 2.42. The number of nitrogens with one attached hydrogen (secondary N) is 2. The Kier molecular flexibility index (Phi) is 9.78. The number of nitrogens with two attached hydrogens (primary N) is 1. The maximum Gasteiger partial charge on any atom is 0.418 e. The van der Waals surface area contributed by atoms with Crippen molar-refractivity contribution in [2.24, 2.45) is 0 Å². The van der Waals surface area contributed by atoms with E-state index in [9.17, 15) is 40.7 Å². The summed E-state index contributed by atoms with van der Waals surface area (Å²) in [6.45, 7) is 3.52. The standard InChI is InChI=1S/C34H42F6N8O3S/c1-44-17-24-15-23(44)18-47(24)21-2-7-45(8-3-21)30(49)27(14-19-12-25(33(35,36)37)28(41)26(13-19)34(38,39)40)42-31(50)46-9-4-22(5-10-46)48-16-20-6-11-52-29(20)43-32(48)51/h6,11-13,21-24,27H,2-5,7-10,14-18,41H2,1H3,(H,42,50)(H,43,51)/t23?,24?,27-/m1/s1. The Hall–Kier alpha value is -3.77. The van der Waals surface area contributed by atoms with Crippen LogP contribution in [0.3, 0.4) is 0 Å². The van der Waals surface area contributed by atoms with Crippen molar-refractivity contribution in [3.8, 4) is 0 Å². The first kappa shape index (κ1) is 36.6. The van der Waals surface area contributed by atoms with E-state index >= 15 is 0 Å². The Bertz CT molecular complexity index is 1650. The van der Waals surface area contributed by atoms with E-state index in [4.69, 9.17) is 5.73 Å². The molecule has 0 aliphatic carbocycles. The molecule has 7 rings (SSSR count). The first-order chi connectivity index (χ1) is 24.6. The largest absolute Gasteiger partial charge is 0.418 e. The Morgan fingerprint density at radius 1 is 0.923 bits per heavy atom. The van der Waals surface area contributed by atoms with Gasteiger partial charge < -0.3 is 30.7 Å². The molecule has 5 aliphatic rings. The second-order valence-corrected chi connectivity index (χ2v) is 15.5. The lowest BCUT2D eigenvalue weighted by atomic mass is 9.96. The van der Waals surface area contributed by atoms with Gasteiger partial charge in [0.05, 0.1) is 23.4 Å². The topological polar surface area (TPSA) is 117 Å². The number of amides is 5. The fourth-order valence-electron chi connectivity index (χ4n) is 8.63. The van der Waals surface area contributed by atoms with E-state index < -0.39 is 59.1 Å². The highest BCUT2D eigenvalue weighted by molar-refractivity contribution is 7.14. The Balaban J connectivity index is 1.06. The molecule has 5 aliphatic heterocycles. The van der Waals surface area contributed by atoms with Crippen LogP contribution in [-0.4, -0.2) is 119 Å². The number of carbonyl (C=O) groups excluding carboxylic acids is 3. The number of piperidine rings is 2. The fourth-order valence-corrected chi connectivity index (χ4v) is 9.43. The first-order valence-electron chi connectivity index (χ1n) is 17.6. The minimum atomic E-state index is -5.19. The zero-order chi connectivity index (χ0) is 37.1. The zero-order valence-corrected chi connectivity index (χ0v) is 29.4. The van der Waals surface area contributed by atoms with E-state index in [0.29, 0.717) is 69.5 Å². The summed E-state index contributed by atoms with van der Waals surface area (Å²) in [5.74, 6) is -0.570. The number of urea groups is 2. The summed E-state index contributed by atoms with van der Waals surface area (Å²) in [6.07, 6.45) is -7.64. The molecule has 0 saturated carbocycles. The van der Waals surface area contributed by atoms with Crippen molar-refractivity contribution in [3.63, 3.8) is 0 Å². The molecule has 6 heterocycles. The lowest BCUT2D eigenvalue weighted by Gasteiger charge is -2.43. The average molecular weight is 757 g/mol. The van der Waals surface area contributed by atoms with E-state index in [2.05, 4.69) is 27.5 Å². The van der Waals surface area contributed by atoms with E-state index in [0.717, 1.165) is 30.1 Å². The monoisotopic (exact) mass is 756 g/mol. The fraction of sp³-hybridized carbons (Fsp3) is 0.618. The van der Waals surface area contributed by atoms with Crippen LogP contribution in [0.25, 0.3) is 0 Å². The number of halogens is 6. The number of benzene rings is 1. The lowest BCUT2D eigenvalue weighted by Crippen LogP contribution is -2.58. The Morgan fingerprint density at radius 2 is 1.54 bits per heavy atom. The number of anilines is 2. The molecule has 0 radical (unpaired) electrons. The van der Waals surface area contributed by atoms with Gasteiger partial charge in [-0.1, -0.05) is 0 Å². The van der Waals surface area contributed by atoms with Gasteiger partial charge in [0, 0.05) is 75.4 Å². The van der Waals surface area contributed by atoms with Gasteiger partial charge in [-0.05, 0) is 68.3 Å². The molecule has 3 atom stereocenters. The molecule has 2 aromatic rings. The number of hydrogen-bond donors (Lipinski definition) is 3. The van der Waals surface area contributed by atoms with Crippen LogP contribution in [0.2, 0.25) is 0 Å². The van der Waals surface area contributed by atoms with Crippen LogP contribution in [0, 0.1) is 0 Å². The smallest absolute Gasteiger partial charge is 0.398 e. The van der Waals surface area contributed by atoms with E-state index in [1.165, 1.54) is 16.2 Å². The van der Waals surface area contributed by atoms with E-state index in [1.54, 1.807) is 9.80 Å². The van der Waals surface area contributed by atoms with Crippen molar-refractivity contribution >= 4 is 40.0 Å². The highest BCUT2D eigenvalue weighted by atomic mass is 32.1. The molecule has 4 fully saturated rings. The number of likely N-dealkylation sites (tertiary alicyclic amines) is 4. The third-order valence-corrected chi connectivity index (χ3v) is 12.3. The Morgan fingerprint density at radius 3 is 2.12 bits per heavy atom. The SMILES string of the molecule is CN1CC2CC1CN2C1CCN(C(=O)[C@@H](Cc2cc(C(F)(F)F)c(N)c(C(F)(F)F)c2)NC(=O)N2CCC(N3Cc4ccsc4NC3=O)CC2)CC1. The van der Waals surface area contributed by atoms with Gasteiger partial charge in [0.25, 0.3) is 0 Å². The Labute approximate surface area is 301 Å². The predicted molar refractivity (Wildman–Crippen MR) is 181 cm³/mol. The molecule has 52 heavy (non-hydrogen) atoms. The molecule has 0 spiro atoms. The van der Waals surface area contributed by atoms with Gasteiger partial charge in [-0.3, -0.25) is 15.0 Å². The number of hydrogen-bond acceptors (Lipinski definition) is 7. The summed E-state index contributed by atoms with van der Waals surface area (Å²) in [5, 5.41) is 8.26. The molecule has 4 saturated heterocycles. The molecule has 1 aromatic heterocycles. The summed E-state index contributed by atoms with van der Waals surface area (Å²) in [5.41, 5.74) is 1.19. The average Bonchev–Trinajstić information content (AvgIpc) is 3.83. The molecule has 5 amide bonds.